The molecule has 0 atom stereocenters. The Morgan fingerprint density at radius 1 is 1.18 bits per heavy atom. The summed E-state index contributed by atoms with van der Waals surface area (Å²) in [5, 5.41) is 4.01. The molecule has 3 rings (SSSR count). The molecule has 8 heteroatoms. The second-order valence-electron chi connectivity index (χ2n) is 4.63. The van der Waals surface area contributed by atoms with E-state index in [1.165, 1.54) is 6.20 Å². The Bertz CT molecular complexity index is 842. The summed E-state index contributed by atoms with van der Waals surface area (Å²) in [5.41, 5.74) is 6.26. The van der Waals surface area contributed by atoms with E-state index in [-0.39, 0.29) is 0 Å². The number of rotatable bonds is 2. The number of halogens is 3. The molecule has 0 spiro atoms. The van der Waals surface area contributed by atoms with Gasteiger partial charge in [0.1, 0.15) is 11.4 Å². The molecule has 2 N–H and O–H groups in total. The van der Waals surface area contributed by atoms with Gasteiger partial charge in [0, 0.05) is 24.0 Å². The lowest BCUT2D eigenvalue weighted by atomic mass is 10.1. The van der Waals surface area contributed by atoms with Crippen LogP contribution in [0.1, 0.15) is 5.56 Å². The monoisotopic (exact) mass is 308 g/mol. The minimum atomic E-state index is -4.54. The number of anilines is 1. The first kappa shape index (κ1) is 14.2. The van der Waals surface area contributed by atoms with Crippen LogP contribution in [0.25, 0.3) is 16.6 Å². The van der Waals surface area contributed by atoms with Gasteiger partial charge in [-0.2, -0.15) is 18.3 Å². The van der Waals surface area contributed by atoms with Crippen molar-refractivity contribution in [3.63, 3.8) is 0 Å². The molecule has 0 aliphatic heterocycles. The van der Waals surface area contributed by atoms with Gasteiger partial charge in [0.2, 0.25) is 5.88 Å². The van der Waals surface area contributed by atoms with Gasteiger partial charge >= 0.3 is 6.18 Å². The Morgan fingerprint density at radius 3 is 2.64 bits per heavy atom. The Kier molecular flexibility index (Phi) is 3.16. The smallest absolute Gasteiger partial charge is 0.421 e. The van der Waals surface area contributed by atoms with Crippen molar-refractivity contribution in [2.75, 3.05) is 12.8 Å². The Hall–Kier alpha value is -2.77. The van der Waals surface area contributed by atoms with Gasteiger partial charge in [-0.25, -0.2) is 9.50 Å². The van der Waals surface area contributed by atoms with Gasteiger partial charge in [0.05, 0.1) is 12.6 Å². The van der Waals surface area contributed by atoms with E-state index in [1.54, 1.807) is 28.9 Å². The Morgan fingerprint density at radius 2 is 1.95 bits per heavy atom. The number of ether oxygens (including phenoxy) is 1. The summed E-state index contributed by atoms with van der Waals surface area (Å²) in [6, 6.07) is 5.97. The first-order valence-electron chi connectivity index (χ1n) is 6.25. The Balaban J connectivity index is 2.13. The molecule has 3 heterocycles. The van der Waals surface area contributed by atoms with Crippen LogP contribution in [0, 0.1) is 0 Å². The summed E-state index contributed by atoms with van der Waals surface area (Å²) in [5.74, 6) is -0.119. The van der Waals surface area contributed by atoms with Gasteiger partial charge in [0.15, 0.2) is 0 Å². The second-order valence-corrected chi connectivity index (χ2v) is 4.63. The van der Waals surface area contributed by atoms with Crippen LogP contribution in [0.2, 0.25) is 0 Å². The molecule has 5 nitrogen and oxygen atoms in total. The molecule has 0 amide bonds. The SMILES string of the molecule is COc1ncc(-c2ccn3nc(N)cc3c2)cc1C(F)(F)F. The highest BCUT2D eigenvalue weighted by atomic mass is 19.4. The van der Waals surface area contributed by atoms with Crippen LogP contribution in [0.3, 0.4) is 0 Å². The van der Waals surface area contributed by atoms with E-state index >= 15 is 0 Å². The molecule has 0 unspecified atom stereocenters. The number of hydrogen-bond donors (Lipinski definition) is 1. The number of alkyl halides is 3. The van der Waals surface area contributed by atoms with Crippen molar-refractivity contribution in [2.24, 2.45) is 0 Å². The summed E-state index contributed by atoms with van der Waals surface area (Å²) < 4.78 is 45.3. The maximum atomic E-state index is 13.0. The van der Waals surface area contributed by atoms with Gasteiger partial charge in [-0.15, -0.1) is 0 Å². The average Bonchev–Trinajstić information content (AvgIpc) is 2.84. The number of methoxy groups -OCH3 is 1. The van der Waals surface area contributed by atoms with Gasteiger partial charge in [0.25, 0.3) is 0 Å². The molecule has 0 radical (unpaired) electrons. The van der Waals surface area contributed by atoms with Gasteiger partial charge in [-0.05, 0) is 23.8 Å². The molecule has 0 saturated carbocycles. The van der Waals surface area contributed by atoms with Gasteiger partial charge in [-0.3, -0.25) is 0 Å². The predicted molar refractivity (Wildman–Crippen MR) is 74.4 cm³/mol. The summed E-state index contributed by atoms with van der Waals surface area (Å²) in [7, 11) is 1.15. The lowest BCUT2D eigenvalue weighted by Gasteiger charge is -2.12. The summed E-state index contributed by atoms with van der Waals surface area (Å²) in [6.45, 7) is 0. The maximum Gasteiger partial charge on any atom is 0.421 e. The minimum Gasteiger partial charge on any atom is -0.481 e. The van der Waals surface area contributed by atoms with Crippen LogP contribution in [-0.4, -0.2) is 21.7 Å². The summed E-state index contributed by atoms with van der Waals surface area (Å²) in [4.78, 5) is 3.74. The van der Waals surface area contributed by atoms with Crippen molar-refractivity contribution in [3.8, 4) is 17.0 Å². The second kappa shape index (κ2) is 4.90. The normalized spacial score (nSPS) is 11.8. The highest BCUT2D eigenvalue weighted by Gasteiger charge is 2.35. The van der Waals surface area contributed by atoms with Crippen LogP contribution in [0.15, 0.2) is 36.7 Å². The number of hydrogen-bond acceptors (Lipinski definition) is 4. The molecule has 3 aromatic heterocycles. The van der Waals surface area contributed by atoms with Crippen LogP contribution in [-0.2, 0) is 6.18 Å². The zero-order valence-corrected chi connectivity index (χ0v) is 11.4. The average molecular weight is 308 g/mol. The lowest BCUT2D eigenvalue weighted by molar-refractivity contribution is -0.139. The van der Waals surface area contributed by atoms with E-state index in [0.29, 0.717) is 22.5 Å². The van der Waals surface area contributed by atoms with Crippen molar-refractivity contribution in [2.45, 2.75) is 6.18 Å². The predicted octanol–water partition coefficient (Wildman–Crippen LogP) is 3.01. The number of nitrogen functional groups attached to an aromatic ring is 1. The van der Waals surface area contributed by atoms with E-state index in [2.05, 4.69) is 14.8 Å². The van der Waals surface area contributed by atoms with E-state index in [0.717, 1.165) is 13.2 Å². The summed E-state index contributed by atoms with van der Waals surface area (Å²) in [6.07, 6.45) is -1.59. The molecule has 0 fully saturated rings. The standard InChI is InChI=1S/C14H11F3N4O/c1-22-13-11(14(15,16)17)5-9(7-19-13)8-2-3-21-10(4-8)6-12(18)20-21/h2-7H,1H3,(H2,18,20). The van der Waals surface area contributed by atoms with Crippen LogP contribution in [0.4, 0.5) is 19.0 Å². The van der Waals surface area contributed by atoms with Crippen molar-refractivity contribution in [3.05, 3.63) is 42.2 Å². The van der Waals surface area contributed by atoms with Crippen LogP contribution in [0.5, 0.6) is 5.88 Å². The number of fused-ring (bicyclic) bond motifs is 1. The lowest BCUT2D eigenvalue weighted by Crippen LogP contribution is -2.09. The fourth-order valence-electron chi connectivity index (χ4n) is 2.17. The van der Waals surface area contributed by atoms with E-state index < -0.39 is 17.6 Å². The van der Waals surface area contributed by atoms with Crippen molar-refractivity contribution < 1.29 is 17.9 Å². The third-order valence-electron chi connectivity index (χ3n) is 3.17. The van der Waals surface area contributed by atoms with E-state index in [1.807, 2.05) is 0 Å². The molecule has 0 aliphatic carbocycles. The number of nitrogens with zero attached hydrogens (tertiary/aromatic N) is 3. The third kappa shape index (κ3) is 2.43. The number of aromatic nitrogens is 3. The van der Waals surface area contributed by atoms with Crippen LogP contribution < -0.4 is 10.5 Å². The topological polar surface area (TPSA) is 65.4 Å². The Labute approximate surface area is 123 Å². The fraction of sp³-hybridized carbons (Fsp3) is 0.143. The molecule has 3 aromatic rings. The number of nitrogens with two attached hydrogens (primary N) is 1. The molecule has 22 heavy (non-hydrogen) atoms. The molecular weight excluding hydrogens is 297 g/mol. The van der Waals surface area contributed by atoms with Gasteiger partial charge in [-0.1, -0.05) is 0 Å². The first-order chi connectivity index (χ1) is 10.4. The van der Waals surface area contributed by atoms with E-state index in [9.17, 15) is 13.2 Å². The zero-order chi connectivity index (χ0) is 15.9. The minimum absolute atomic E-state index is 0.329. The molecule has 0 bridgehead atoms. The van der Waals surface area contributed by atoms with Crippen molar-refractivity contribution in [1.82, 2.24) is 14.6 Å². The molecule has 0 saturated heterocycles. The number of pyridine rings is 2. The van der Waals surface area contributed by atoms with Crippen molar-refractivity contribution >= 4 is 11.3 Å². The molecule has 0 aromatic carbocycles. The summed E-state index contributed by atoms with van der Waals surface area (Å²) >= 11 is 0. The quantitative estimate of drug-likeness (QED) is 0.790. The van der Waals surface area contributed by atoms with Crippen molar-refractivity contribution in [1.29, 1.82) is 0 Å². The highest BCUT2D eigenvalue weighted by Crippen LogP contribution is 2.37. The molecular formula is C14H11F3N4O. The molecule has 0 aliphatic rings. The van der Waals surface area contributed by atoms with E-state index in [4.69, 9.17) is 5.73 Å². The van der Waals surface area contributed by atoms with Gasteiger partial charge < -0.3 is 10.5 Å². The maximum absolute atomic E-state index is 13.0. The third-order valence-corrected chi connectivity index (χ3v) is 3.17. The zero-order valence-electron chi connectivity index (χ0n) is 11.4. The van der Waals surface area contributed by atoms with Crippen LogP contribution >= 0.6 is 0 Å². The highest BCUT2D eigenvalue weighted by molar-refractivity contribution is 5.70. The molecule has 114 valence electrons. The fourth-order valence-corrected chi connectivity index (χ4v) is 2.17. The largest absolute Gasteiger partial charge is 0.481 e. The first-order valence-corrected chi connectivity index (χ1v) is 6.25.